The van der Waals surface area contributed by atoms with Gasteiger partial charge in [0.15, 0.2) is 11.2 Å². The number of hydrogen-bond donors (Lipinski definition) is 0. The van der Waals surface area contributed by atoms with Crippen molar-refractivity contribution in [3.63, 3.8) is 0 Å². The fraction of sp³-hybridized carbons (Fsp3) is 0.136. The van der Waals surface area contributed by atoms with Crippen molar-refractivity contribution in [2.45, 2.75) is 13.5 Å². The summed E-state index contributed by atoms with van der Waals surface area (Å²) in [4.78, 5) is 26.6. The van der Waals surface area contributed by atoms with Crippen LogP contribution in [0.15, 0.2) is 76.2 Å². The smallest absolute Gasteiger partial charge is 0.289 e. The van der Waals surface area contributed by atoms with Gasteiger partial charge in [-0.05, 0) is 48.4 Å². The number of amides is 1. The Morgan fingerprint density at radius 3 is 2.64 bits per heavy atom. The summed E-state index contributed by atoms with van der Waals surface area (Å²) < 4.78 is 7.48. The Hall–Kier alpha value is -3.67. The molecule has 0 bridgehead atoms. The lowest BCUT2D eigenvalue weighted by atomic mass is 10.1. The Bertz CT molecular complexity index is 1190. The number of benzene rings is 2. The maximum Gasteiger partial charge on any atom is 0.289 e. The van der Waals surface area contributed by atoms with Crippen LogP contribution in [-0.2, 0) is 6.54 Å². The second kappa shape index (κ2) is 7.15. The molecule has 140 valence electrons. The van der Waals surface area contributed by atoms with Gasteiger partial charge in [-0.15, -0.1) is 0 Å². The molecule has 0 N–H and O–H groups in total. The van der Waals surface area contributed by atoms with Gasteiger partial charge in [0.05, 0.1) is 11.1 Å². The lowest BCUT2D eigenvalue weighted by molar-refractivity contribution is 0.0754. The second-order valence-corrected chi connectivity index (χ2v) is 6.75. The van der Waals surface area contributed by atoms with E-state index in [-0.39, 0.29) is 17.1 Å². The van der Waals surface area contributed by atoms with Gasteiger partial charge in [-0.25, -0.2) is 4.68 Å². The molecule has 6 nitrogen and oxygen atoms in total. The van der Waals surface area contributed by atoms with Crippen molar-refractivity contribution in [3.8, 4) is 5.69 Å². The van der Waals surface area contributed by atoms with Crippen molar-refractivity contribution in [1.29, 1.82) is 0 Å². The highest BCUT2D eigenvalue weighted by molar-refractivity contribution is 5.93. The molecule has 4 aromatic rings. The molecule has 0 saturated heterocycles. The number of aryl methyl sites for hydroxylation is 1. The molecule has 28 heavy (non-hydrogen) atoms. The standard InChI is InChI=1S/C22H19N3O3/c1-15-4-9-18-19(26)13-21(28-20(18)12-15)22(27)24(2)14-16-5-7-17(8-6-16)25-11-3-10-23-25/h3-13H,14H2,1-2H3. The zero-order valence-corrected chi connectivity index (χ0v) is 15.6. The summed E-state index contributed by atoms with van der Waals surface area (Å²) >= 11 is 0. The van der Waals surface area contributed by atoms with Gasteiger partial charge in [-0.1, -0.05) is 18.2 Å². The van der Waals surface area contributed by atoms with Crippen LogP contribution in [0.5, 0.6) is 0 Å². The van der Waals surface area contributed by atoms with E-state index in [9.17, 15) is 9.59 Å². The van der Waals surface area contributed by atoms with Gasteiger partial charge in [-0.2, -0.15) is 5.10 Å². The van der Waals surface area contributed by atoms with Crippen molar-refractivity contribution in [3.05, 3.63) is 94.1 Å². The van der Waals surface area contributed by atoms with Crippen LogP contribution in [0.4, 0.5) is 0 Å². The number of rotatable bonds is 4. The minimum atomic E-state index is -0.336. The van der Waals surface area contributed by atoms with Gasteiger partial charge in [0.2, 0.25) is 0 Å². The van der Waals surface area contributed by atoms with E-state index in [1.165, 1.54) is 11.0 Å². The largest absolute Gasteiger partial charge is 0.451 e. The molecule has 2 heterocycles. The van der Waals surface area contributed by atoms with Crippen LogP contribution in [0.25, 0.3) is 16.7 Å². The number of carbonyl (C=O) groups is 1. The van der Waals surface area contributed by atoms with Crippen LogP contribution < -0.4 is 5.43 Å². The van der Waals surface area contributed by atoms with Crippen LogP contribution in [0.2, 0.25) is 0 Å². The van der Waals surface area contributed by atoms with Gasteiger partial charge in [0, 0.05) is 32.1 Å². The van der Waals surface area contributed by atoms with Gasteiger partial charge in [-0.3, -0.25) is 9.59 Å². The summed E-state index contributed by atoms with van der Waals surface area (Å²) in [6.07, 6.45) is 3.59. The molecule has 6 heteroatoms. The van der Waals surface area contributed by atoms with Crippen molar-refractivity contribution in [2.75, 3.05) is 7.05 Å². The second-order valence-electron chi connectivity index (χ2n) is 6.75. The predicted octanol–water partition coefficient (Wildman–Crippen LogP) is 3.56. The van der Waals surface area contributed by atoms with Gasteiger partial charge < -0.3 is 9.32 Å². The molecule has 0 aliphatic rings. The van der Waals surface area contributed by atoms with Crippen molar-refractivity contribution >= 4 is 16.9 Å². The van der Waals surface area contributed by atoms with Crippen LogP contribution in [0, 0.1) is 6.92 Å². The van der Waals surface area contributed by atoms with E-state index in [1.54, 1.807) is 30.1 Å². The number of aromatic nitrogens is 2. The van der Waals surface area contributed by atoms with Crippen LogP contribution >= 0.6 is 0 Å². The van der Waals surface area contributed by atoms with Crippen LogP contribution in [-0.4, -0.2) is 27.6 Å². The summed E-state index contributed by atoms with van der Waals surface area (Å²) in [5.74, 6) is -0.296. The molecule has 0 aliphatic heterocycles. The zero-order valence-electron chi connectivity index (χ0n) is 15.6. The van der Waals surface area contributed by atoms with Crippen molar-refractivity contribution in [2.24, 2.45) is 0 Å². The summed E-state index contributed by atoms with van der Waals surface area (Å²) in [6, 6.07) is 16.2. The molecule has 0 atom stereocenters. The average molecular weight is 373 g/mol. The monoisotopic (exact) mass is 373 g/mol. The SMILES string of the molecule is Cc1ccc2c(=O)cc(C(=O)N(C)Cc3ccc(-n4cccn4)cc3)oc2c1. The first-order chi connectivity index (χ1) is 13.5. The minimum Gasteiger partial charge on any atom is -0.451 e. The fourth-order valence-corrected chi connectivity index (χ4v) is 3.08. The van der Waals surface area contributed by atoms with E-state index in [0.717, 1.165) is 16.8 Å². The Labute approximate surface area is 161 Å². The highest BCUT2D eigenvalue weighted by atomic mass is 16.3. The lowest BCUT2D eigenvalue weighted by Gasteiger charge is -2.17. The van der Waals surface area contributed by atoms with E-state index < -0.39 is 0 Å². The van der Waals surface area contributed by atoms with Crippen LogP contribution in [0.1, 0.15) is 21.7 Å². The minimum absolute atomic E-state index is 0.0405. The summed E-state index contributed by atoms with van der Waals surface area (Å²) in [7, 11) is 1.68. The Morgan fingerprint density at radius 2 is 1.93 bits per heavy atom. The summed E-state index contributed by atoms with van der Waals surface area (Å²) in [6.45, 7) is 2.31. The van der Waals surface area contributed by atoms with E-state index >= 15 is 0 Å². The maximum atomic E-state index is 12.8. The number of carbonyl (C=O) groups excluding carboxylic acids is 1. The number of fused-ring (bicyclic) bond motifs is 1. The van der Waals surface area contributed by atoms with Crippen molar-refractivity contribution < 1.29 is 9.21 Å². The normalized spacial score (nSPS) is 10.9. The quantitative estimate of drug-likeness (QED) is 0.548. The molecule has 0 spiro atoms. The van der Waals surface area contributed by atoms with E-state index in [0.29, 0.717) is 17.5 Å². The molecule has 0 unspecified atom stereocenters. The van der Waals surface area contributed by atoms with Gasteiger partial charge in [0.25, 0.3) is 5.91 Å². The average Bonchev–Trinajstić information content (AvgIpc) is 3.22. The van der Waals surface area contributed by atoms with Crippen molar-refractivity contribution in [1.82, 2.24) is 14.7 Å². The molecule has 0 fully saturated rings. The molecule has 2 aromatic carbocycles. The third-order valence-electron chi connectivity index (χ3n) is 4.57. The summed E-state index contributed by atoms with van der Waals surface area (Å²) in [5, 5.41) is 4.67. The van der Waals surface area contributed by atoms with Crippen LogP contribution in [0.3, 0.4) is 0 Å². The third kappa shape index (κ3) is 3.44. The Morgan fingerprint density at radius 1 is 1.14 bits per heavy atom. The highest BCUT2D eigenvalue weighted by Crippen LogP contribution is 2.16. The molecule has 0 saturated carbocycles. The van der Waals surface area contributed by atoms with E-state index in [4.69, 9.17) is 4.42 Å². The Balaban J connectivity index is 1.55. The van der Waals surface area contributed by atoms with E-state index in [2.05, 4.69) is 5.10 Å². The first-order valence-corrected chi connectivity index (χ1v) is 8.90. The molecular weight excluding hydrogens is 354 g/mol. The molecule has 0 aliphatic carbocycles. The molecular formula is C22H19N3O3. The van der Waals surface area contributed by atoms with Gasteiger partial charge >= 0.3 is 0 Å². The first kappa shape index (κ1) is 17.7. The molecule has 1 amide bonds. The number of hydrogen-bond acceptors (Lipinski definition) is 4. The molecule has 2 aromatic heterocycles. The lowest BCUT2D eigenvalue weighted by Crippen LogP contribution is -2.27. The zero-order chi connectivity index (χ0) is 19.7. The first-order valence-electron chi connectivity index (χ1n) is 8.90. The van der Waals surface area contributed by atoms with E-state index in [1.807, 2.05) is 49.5 Å². The summed E-state index contributed by atoms with van der Waals surface area (Å²) in [5.41, 5.74) is 3.07. The molecule has 4 rings (SSSR count). The Kier molecular flexibility index (Phi) is 4.53. The maximum absolute atomic E-state index is 12.8. The molecule has 0 radical (unpaired) electrons. The highest BCUT2D eigenvalue weighted by Gasteiger charge is 2.17. The third-order valence-corrected chi connectivity index (χ3v) is 4.57. The van der Waals surface area contributed by atoms with Gasteiger partial charge in [0.1, 0.15) is 5.58 Å². The topological polar surface area (TPSA) is 68.3 Å². The fourth-order valence-electron chi connectivity index (χ4n) is 3.08. The predicted molar refractivity (Wildman–Crippen MR) is 107 cm³/mol. The number of nitrogens with zero attached hydrogens (tertiary/aromatic N) is 3.